The fraction of sp³-hybridized carbons (Fsp3) is 0.923. The smallest absolute Gasteiger partial charge is 0.108 e. The maximum atomic E-state index is 9.35. The molecule has 3 nitrogen and oxygen atoms in total. The van der Waals surface area contributed by atoms with Gasteiger partial charge in [0.1, 0.15) is 5.54 Å². The Kier molecular flexibility index (Phi) is 5.78. The first-order chi connectivity index (χ1) is 8.01. The highest BCUT2D eigenvalue weighted by Gasteiger charge is 2.39. The Balaban J connectivity index is 2.42. The van der Waals surface area contributed by atoms with Crippen molar-refractivity contribution in [1.29, 1.82) is 5.26 Å². The Bertz CT molecular complexity index is 277. The van der Waals surface area contributed by atoms with Gasteiger partial charge in [0, 0.05) is 17.9 Å². The standard InChI is InChI=1S/C13H24N2OS/c1-10(2)15-13(9-14)5-4-12(6-13)17-8-11(3)7-16/h10-12,15-16H,4-8H2,1-3H3. The molecule has 1 saturated carbocycles. The lowest BCUT2D eigenvalue weighted by Gasteiger charge is -2.25. The van der Waals surface area contributed by atoms with E-state index in [1.54, 1.807) is 0 Å². The van der Waals surface area contributed by atoms with Gasteiger partial charge in [-0.3, -0.25) is 5.32 Å². The lowest BCUT2D eigenvalue weighted by molar-refractivity contribution is 0.250. The fourth-order valence-corrected chi connectivity index (χ4v) is 3.71. The Morgan fingerprint density at radius 1 is 1.53 bits per heavy atom. The van der Waals surface area contributed by atoms with E-state index in [9.17, 15) is 5.26 Å². The Hall–Kier alpha value is -0.240. The van der Waals surface area contributed by atoms with Gasteiger partial charge in [-0.05, 0) is 44.8 Å². The molecule has 4 heteroatoms. The van der Waals surface area contributed by atoms with Crippen molar-refractivity contribution in [2.24, 2.45) is 5.92 Å². The Morgan fingerprint density at radius 2 is 2.24 bits per heavy atom. The minimum absolute atomic E-state index is 0.257. The third kappa shape index (κ3) is 4.50. The number of nitriles is 1. The van der Waals surface area contributed by atoms with Crippen LogP contribution in [-0.4, -0.2) is 34.3 Å². The molecule has 2 N–H and O–H groups in total. The Morgan fingerprint density at radius 3 is 2.76 bits per heavy atom. The van der Waals surface area contributed by atoms with Crippen molar-refractivity contribution in [1.82, 2.24) is 5.32 Å². The van der Waals surface area contributed by atoms with Gasteiger partial charge < -0.3 is 5.11 Å². The van der Waals surface area contributed by atoms with E-state index in [0.29, 0.717) is 17.2 Å². The number of rotatable bonds is 6. The highest BCUT2D eigenvalue weighted by atomic mass is 32.2. The van der Waals surface area contributed by atoms with Crippen LogP contribution < -0.4 is 5.32 Å². The zero-order valence-corrected chi connectivity index (χ0v) is 11.9. The number of hydrogen-bond acceptors (Lipinski definition) is 4. The van der Waals surface area contributed by atoms with Crippen LogP contribution in [0.1, 0.15) is 40.0 Å². The molecule has 98 valence electrons. The van der Waals surface area contributed by atoms with Crippen LogP contribution in [0.2, 0.25) is 0 Å². The van der Waals surface area contributed by atoms with E-state index in [1.165, 1.54) is 0 Å². The maximum Gasteiger partial charge on any atom is 0.108 e. The lowest BCUT2D eigenvalue weighted by Crippen LogP contribution is -2.45. The molecule has 0 spiro atoms. The molecule has 1 aliphatic carbocycles. The van der Waals surface area contributed by atoms with E-state index < -0.39 is 0 Å². The van der Waals surface area contributed by atoms with Gasteiger partial charge in [-0.2, -0.15) is 17.0 Å². The van der Waals surface area contributed by atoms with Gasteiger partial charge in [0.15, 0.2) is 0 Å². The van der Waals surface area contributed by atoms with Gasteiger partial charge in [0.25, 0.3) is 0 Å². The molecule has 0 aromatic rings. The molecule has 1 aliphatic rings. The van der Waals surface area contributed by atoms with Crippen LogP contribution in [0.15, 0.2) is 0 Å². The van der Waals surface area contributed by atoms with Crippen LogP contribution in [0.5, 0.6) is 0 Å². The number of nitrogens with one attached hydrogen (secondary N) is 1. The molecular formula is C13H24N2OS. The largest absolute Gasteiger partial charge is 0.396 e. The van der Waals surface area contributed by atoms with Gasteiger partial charge in [0.2, 0.25) is 0 Å². The highest BCUT2D eigenvalue weighted by Crippen LogP contribution is 2.37. The summed E-state index contributed by atoms with van der Waals surface area (Å²) in [6.07, 6.45) is 2.99. The summed E-state index contributed by atoms with van der Waals surface area (Å²) >= 11 is 1.91. The zero-order chi connectivity index (χ0) is 12.9. The third-order valence-corrected chi connectivity index (χ3v) is 4.81. The van der Waals surface area contributed by atoms with Crippen LogP contribution in [0.3, 0.4) is 0 Å². The van der Waals surface area contributed by atoms with Gasteiger partial charge in [0.05, 0.1) is 6.07 Å². The van der Waals surface area contributed by atoms with Crippen LogP contribution in [-0.2, 0) is 0 Å². The van der Waals surface area contributed by atoms with Crippen molar-refractivity contribution in [3.63, 3.8) is 0 Å². The Labute approximate surface area is 109 Å². The van der Waals surface area contributed by atoms with Crippen LogP contribution in [0.25, 0.3) is 0 Å². The van der Waals surface area contributed by atoms with E-state index in [4.69, 9.17) is 5.11 Å². The number of aliphatic hydroxyl groups excluding tert-OH is 1. The van der Waals surface area contributed by atoms with Gasteiger partial charge >= 0.3 is 0 Å². The van der Waals surface area contributed by atoms with Crippen LogP contribution in [0, 0.1) is 17.2 Å². The topological polar surface area (TPSA) is 56.0 Å². The summed E-state index contributed by atoms with van der Waals surface area (Å²) in [5.41, 5.74) is -0.311. The average molecular weight is 256 g/mol. The fourth-order valence-electron chi connectivity index (χ4n) is 2.31. The molecular weight excluding hydrogens is 232 g/mol. The predicted octanol–water partition coefficient (Wildman–Crippen LogP) is 2.16. The number of thioether (sulfide) groups is 1. The van der Waals surface area contributed by atoms with Crippen LogP contribution in [0.4, 0.5) is 0 Å². The van der Waals surface area contributed by atoms with E-state index in [2.05, 4.69) is 32.2 Å². The molecule has 0 bridgehead atoms. The molecule has 3 unspecified atom stereocenters. The molecule has 17 heavy (non-hydrogen) atoms. The first kappa shape index (κ1) is 14.8. The average Bonchev–Trinajstić information content (AvgIpc) is 2.69. The normalized spacial score (nSPS) is 30.5. The summed E-state index contributed by atoms with van der Waals surface area (Å²) in [7, 11) is 0. The number of aliphatic hydroxyl groups is 1. The molecule has 0 saturated heterocycles. The molecule has 0 aromatic heterocycles. The number of nitrogens with zero attached hydrogens (tertiary/aromatic N) is 1. The van der Waals surface area contributed by atoms with Gasteiger partial charge in [-0.25, -0.2) is 0 Å². The molecule has 0 radical (unpaired) electrons. The molecule has 0 heterocycles. The third-order valence-electron chi connectivity index (χ3n) is 3.18. The van der Waals surface area contributed by atoms with E-state index in [0.717, 1.165) is 25.0 Å². The van der Waals surface area contributed by atoms with Gasteiger partial charge in [-0.1, -0.05) is 6.92 Å². The minimum atomic E-state index is -0.311. The summed E-state index contributed by atoms with van der Waals surface area (Å²) in [5.74, 6) is 1.35. The van der Waals surface area contributed by atoms with Crippen molar-refractivity contribution < 1.29 is 5.11 Å². The number of hydrogen-bond donors (Lipinski definition) is 2. The van der Waals surface area contributed by atoms with Gasteiger partial charge in [-0.15, -0.1) is 0 Å². The maximum absolute atomic E-state index is 9.35. The second-order valence-electron chi connectivity index (χ2n) is 5.48. The van der Waals surface area contributed by atoms with E-state index in [1.807, 2.05) is 11.8 Å². The summed E-state index contributed by atoms with van der Waals surface area (Å²) in [4.78, 5) is 0. The molecule has 1 rings (SSSR count). The monoisotopic (exact) mass is 256 g/mol. The van der Waals surface area contributed by atoms with Crippen molar-refractivity contribution in [3.05, 3.63) is 0 Å². The first-order valence-electron chi connectivity index (χ1n) is 6.43. The van der Waals surface area contributed by atoms with Crippen molar-refractivity contribution in [2.45, 2.75) is 56.9 Å². The second kappa shape index (κ2) is 6.63. The lowest BCUT2D eigenvalue weighted by atomic mass is 9.99. The zero-order valence-electron chi connectivity index (χ0n) is 11.1. The van der Waals surface area contributed by atoms with Crippen molar-refractivity contribution >= 4 is 11.8 Å². The summed E-state index contributed by atoms with van der Waals surface area (Å²) in [5, 5.41) is 22.3. The first-order valence-corrected chi connectivity index (χ1v) is 7.47. The highest BCUT2D eigenvalue weighted by molar-refractivity contribution is 7.99. The predicted molar refractivity (Wildman–Crippen MR) is 73.0 cm³/mol. The van der Waals surface area contributed by atoms with E-state index in [-0.39, 0.29) is 12.1 Å². The van der Waals surface area contributed by atoms with Crippen molar-refractivity contribution in [3.8, 4) is 6.07 Å². The molecule has 1 fully saturated rings. The molecule has 0 amide bonds. The summed E-state index contributed by atoms with van der Waals surface area (Å²) in [6, 6.07) is 2.82. The minimum Gasteiger partial charge on any atom is -0.396 e. The molecule has 0 aliphatic heterocycles. The molecule has 0 aromatic carbocycles. The summed E-state index contributed by atoms with van der Waals surface area (Å²) in [6.45, 7) is 6.50. The van der Waals surface area contributed by atoms with E-state index >= 15 is 0 Å². The summed E-state index contributed by atoms with van der Waals surface area (Å²) < 4.78 is 0. The molecule has 3 atom stereocenters. The second-order valence-corrected chi connectivity index (χ2v) is 6.81. The SMILES string of the molecule is CC(CO)CSC1CCC(C#N)(NC(C)C)C1. The van der Waals surface area contributed by atoms with Crippen molar-refractivity contribution in [2.75, 3.05) is 12.4 Å². The quantitative estimate of drug-likeness (QED) is 0.764. The van der Waals surface area contributed by atoms with Crippen LogP contribution >= 0.6 is 11.8 Å².